The van der Waals surface area contributed by atoms with Crippen molar-refractivity contribution in [3.05, 3.63) is 44.1 Å². The summed E-state index contributed by atoms with van der Waals surface area (Å²) in [4.78, 5) is 0. The fourth-order valence-electron chi connectivity index (χ4n) is 2.02. The van der Waals surface area contributed by atoms with Gasteiger partial charge in [-0.1, -0.05) is 6.92 Å². The van der Waals surface area contributed by atoms with Crippen LogP contribution in [0.1, 0.15) is 25.2 Å². The van der Waals surface area contributed by atoms with Crippen LogP contribution < -0.4 is 5.32 Å². The minimum atomic E-state index is -0.620. The molecule has 0 saturated carbocycles. The van der Waals surface area contributed by atoms with E-state index in [0.717, 1.165) is 34.9 Å². The summed E-state index contributed by atoms with van der Waals surface area (Å²) in [5, 5.41) is 7.47. The second kappa shape index (κ2) is 6.87. The van der Waals surface area contributed by atoms with Crippen molar-refractivity contribution in [1.29, 1.82) is 0 Å². The fraction of sp³-hybridized carbons (Fsp3) is 0.357. The molecule has 1 aromatic heterocycles. The monoisotopic (exact) mass is 421 g/mol. The Labute approximate surface area is 139 Å². The molecule has 0 atom stereocenters. The normalized spacial score (nSPS) is 11.0. The molecule has 0 unspecified atom stereocenters. The standard InChI is InChI=1S/C14H15Br2F2N3/c1-3-11-14(16)13(21(4-2)20-11)7-19-12-5-8(15)9(17)6-10(12)18/h5-6,19H,3-4,7H2,1-2H3. The van der Waals surface area contributed by atoms with E-state index in [1.807, 2.05) is 18.5 Å². The van der Waals surface area contributed by atoms with Gasteiger partial charge in [-0.05, 0) is 51.3 Å². The average molecular weight is 423 g/mol. The van der Waals surface area contributed by atoms with Crippen molar-refractivity contribution in [3.8, 4) is 0 Å². The van der Waals surface area contributed by atoms with E-state index < -0.39 is 11.6 Å². The van der Waals surface area contributed by atoms with Gasteiger partial charge in [-0.2, -0.15) is 5.10 Å². The first-order chi connectivity index (χ1) is 9.97. The van der Waals surface area contributed by atoms with Crippen molar-refractivity contribution in [1.82, 2.24) is 9.78 Å². The van der Waals surface area contributed by atoms with E-state index in [0.29, 0.717) is 6.54 Å². The summed E-state index contributed by atoms with van der Waals surface area (Å²) in [7, 11) is 0. The van der Waals surface area contributed by atoms with E-state index in [-0.39, 0.29) is 10.2 Å². The van der Waals surface area contributed by atoms with Gasteiger partial charge in [0.05, 0.1) is 32.6 Å². The molecule has 0 aliphatic heterocycles. The van der Waals surface area contributed by atoms with Gasteiger partial charge in [0.15, 0.2) is 0 Å². The van der Waals surface area contributed by atoms with Crippen LogP contribution in [-0.2, 0) is 19.5 Å². The third-order valence-electron chi connectivity index (χ3n) is 3.15. The maximum absolute atomic E-state index is 13.7. The minimum absolute atomic E-state index is 0.226. The molecule has 0 spiro atoms. The van der Waals surface area contributed by atoms with Crippen LogP contribution in [0.5, 0.6) is 0 Å². The van der Waals surface area contributed by atoms with Gasteiger partial charge in [0, 0.05) is 12.6 Å². The Morgan fingerprint density at radius 2 is 1.90 bits per heavy atom. The number of benzene rings is 1. The fourth-order valence-corrected chi connectivity index (χ4v) is 3.07. The number of rotatable bonds is 5. The average Bonchev–Trinajstić information content (AvgIpc) is 2.77. The van der Waals surface area contributed by atoms with Gasteiger partial charge in [-0.15, -0.1) is 0 Å². The Bertz CT molecular complexity index is 656. The minimum Gasteiger partial charge on any atom is -0.377 e. The molecule has 0 amide bonds. The summed E-state index contributed by atoms with van der Waals surface area (Å²) in [5.41, 5.74) is 2.15. The second-order valence-electron chi connectivity index (χ2n) is 4.48. The molecule has 1 aromatic carbocycles. The van der Waals surface area contributed by atoms with E-state index in [1.165, 1.54) is 6.07 Å². The Balaban J connectivity index is 2.24. The highest BCUT2D eigenvalue weighted by atomic mass is 79.9. The van der Waals surface area contributed by atoms with Crippen molar-refractivity contribution in [2.45, 2.75) is 33.4 Å². The van der Waals surface area contributed by atoms with Crippen molar-refractivity contribution >= 4 is 37.5 Å². The summed E-state index contributed by atoms with van der Waals surface area (Å²) in [6.45, 7) is 5.15. The predicted octanol–water partition coefficient (Wildman–Crippen LogP) is 4.88. The highest BCUT2D eigenvalue weighted by molar-refractivity contribution is 9.10. The quantitative estimate of drug-likeness (QED) is 0.695. The molecule has 7 heteroatoms. The molecule has 3 nitrogen and oxygen atoms in total. The molecule has 1 N–H and O–H groups in total. The van der Waals surface area contributed by atoms with Crippen LogP contribution in [0.2, 0.25) is 0 Å². The molecule has 114 valence electrons. The number of nitrogens with zero attached hydrogens (tertiary/aromatic N) is 2. The summed E-state index contributed by atoms with van der Waals surface area (Å²) >= 11 is 6.59. The van der Waals surface area contributed by atoms with Gasteiger partial charge in [-0.25, -0.2) is 8.78 Å². The van der Waals surface area contributed by atoms with E-state index in [4.69, 9.17) is 0 Å². The summed E-state index contributed by atoms with van der Waals surface area (Å²) < 4.78 is 30.0. The lowest BCUT2D eigenvalue weighted by Gasteiger charge is -2.10. The van der Waals surface area contributed by atoms with Gasteiger partial charge in [-0.3, -0.25) is 4.68 Å². The van der Waals surface area contributed by atoms with Gasteiger partial charge in [0.2, 0.25) is 0 Å². The lowest BCUT2D eigenvalue weighted by atomic mass is 10.2. The maximum atomic E-state index is 13.7. The zero-order chi connectivity index (χ0) is 15.6. The molecule has 0 bridgehead atoms. The molecule has 1 heterocycles. The third-order valence-corrected chi connectivity index (χ3v) is 4.67. The van der Waals surface area contributed by atoms with Gasteiger partial charge in [0.25, 0.3) is 0 Å². The van der Waals surface area contributed by atoms with E-state index in [2.05, 4.69) is 42.3 Å². The van der Waals surface area contributed by atoms with Gasteiger partial charge in [0.1, 0.15) is 11.6 Å². The number of hydrogen-bond acceptors (Lipinski definition) is 2. The molecule has 2 aromatic rings. The Morgan fingerprint density at radius 1 is 1.19 bits per heavy atom. The number of anilines is 1. The maximum Gasteiger partial charge on any atom is 0.149 e. The smallest absolute Gasteiger partial charge is 0.149 e. The number of aryl methyl sites for hydroxylation is 2. The van der Waals surface area contributed by atoms with Gasteiger partial charge < -0.3 is 5.32 Å². The second-order valence-corrected chi connectivity index (χ2v) is 6.12. The Morgan fingerprint density at radius 3 is 2.52 bits per heavy atom. The molecular weight excluding hydrogens is 408 g/mol. The summed E-state index contributed by atoms with van der Waals surface area (Å²) in [6, 6.07) is 2.25. The number of nitrogens with one attached hydrogen (secondary N) is 1. The zero-order valence-electron chi connectivity index (χ0n) is 11.7. The lowest BCUT2D eigenvalue weighted by molar-refractivity contribution is 0.579. The third kappa shape index (κ3) is 3.45. The number of halogens is 4. The first kappa shape index (κ1) is 16.4. The number of hydrogen-bond donors (Lipinski definition) is 1. The van der Waals surface area contributed by atoms with Crippen molar-refractivity contribution in [2.24, 2.45) is 0 Å². The molecule has 0 aliphatic carbocycles. The van der Waals surface area contributed by atoms with Crippen molar-refractivity contribution < 1.29 is 8.78 Å². The molecule has 21 heavy (non-hydrogen) atoms. The van der Waals surface area contributed by atoms with Crippen molar-refractivity contribution in [3.63, 3.8) is 0 Å². The Kier molecular flexibility index (Phi) is 5.37. The summed E-state index contributed by atoms with van der Waals surface area (Å²) in [5.74, 6) is -1.24. The largest absolute Gasteiger partial charge is 0.377 e. The Hall–Kier alpha value is -0.950. The highest BCUT2D eigenvalue weighted by Gasteiger charge is 2.15. The van der Waals surface area contributed by atoms with Crippen LogP contribution in [0.4, 0.5) is 14.5 Å². The molecule has 0 radical (unpaired) electrons. The lowest BCUT2D eigenvalue weighted by Crippen LogP contribution is -2.09. The van der Waals surface area contributed by atoms with E-state index >= 15 is 0 Å². The van der Waals surface area contributed by atoms with Crippen LogP contribution in [0, 0.1) is 11.6 Å². The van der Waals surface area contributed by atoms with Gasteiger partial charge >= 0.3 is 0 Å². The molecular formula is C14H15Br2F2N3. The molecule has 0 fully saturated rings. The van der Waals surface area contributed by atoms with Crippen LogP contribution in [-0.4, -0.2) is 9.78 Å². The van der Waals surface area contributed by atoms with Crippen molar-refractivity contribution in [2.75, 3.05) is 5.32 Å². The van der Waals surface area contributed by atoms with Crippen LogP contribution in [0.3, 0.4) is 0 Å². The van der Waals surface area contributed by atoms with Crippen LogP contribution >= 0.6 is 31.9 Å². The first-order valence-electron chi connectivity index (χ1n) is 6.60. The summed E-state index contributed by atoms with van der Waals surface area (Å²) in [6.07, 6.45) is 0.817. The topological polar surface area (TPSA) is 29.9 Å². The highest BCUT2D eigenvalue weighted by Crippen LogP contribution is 2.26. The predicted molar refractivity (Wildman–Crippen MR) is 86.4 cm³/mol. The first-order valence-corrected chi connectivity index (χ1v) is 8.18. The zero-order valence-corrected chi connectivity index (χ0v) is 14.9. The molecule has 2 rings (SSSR count). The SMILES string of the molecule is CCc1nn(CC)c(CNc2cc(Br)c(F)cc2F)c1Br. The van der Waals surface area contributed by atoms with Crippen LogP contribution in [0.25, 0.3) is 0 Å². The molecule has 0 saturated heterocycles. The van der Waals surface area contributed by atoms with E-state index in [1.54, 1.807) is 0 Å². The molecule has 0 aliphatic rings. The van der Waals surface area contributed by atoms with E-state index in [9.17, 15) is 8.78 Å². The van der Waals surface area contributed by atoms with Crippen LogP contribution in [0.15, 0.2) is 21.1 Å². The number of aromatic nitrogens is 2.